The highest BCUT2D eigenvalue weighted by Gasteiger charge is 2.09. The summed E-state index contributed by atoms with van der Waals surface area (Å²) in [6.45, 7) is 3.78. The number of nitrogens with one attached hydrogen (secondary N) is 1. The fourth-order valence-corrected chi connectivity index (χ4v) is 1.46. The molecule has 0 aliphatic rings. The van der Waals surface area contributed by atoms with E-state index < -0.39 is 0 Å². The quantitative estimate of drug-likeness (QED) is 0.829. The Morgan fingerprint density at radius 1 is 1.33 bits per heavy atom. The minimum atomic E-state index is 0.0171. The first-order valence-corrected chi connectivity index (χ1v) is 5.16. The maximum atomic E-state index is 10.3. The third-order valence-corrected chi connectivity index (χ3v) is 2.21. The van der Waals surface area contributed by atoms with E-state index >= 15 is 0 Å². The Bertz CT molecular complexity index is 367. The Morgan fingerprint density at radius 3 is 2.53 bits per heavy atom. The average Bonchev–Trinajstić information content (AvgIpc) is 2.13. The summed E-state index contributed by atoms with van der Waals surface area (Å²) in [6, 6.07) is 3.13. The molecule has 0 heterocycles. The zero-order valence-corrected chi connectivity index (χ0v) is 9.89. The van der Waals surface area contributed by atoms with Crippen molar-refractivity contribution < 1.29 is 9.53 Å². The van der Waals surface area contributed by atoms with Crippen LogP contribution in [0, 0.1) is 0 Å². The molecule has 5 heteroatoms. The molecule has 1 rings (SSSR count). The highest BCUT2D eigenvalue weighted by atomic mass is 35.5. The van der Waals surface area contributed by atoms with Gasteiger partial charge in [0, 0.05) is 6.07 Å². The molecule has 1 aromatic carbocycles. The number of carbonyl (C=O) groups excluding carboxylic acids is 1. The zero-order chi connectivity index (χ0) is 11.4. The first kappa shape index (κ1) is 12.1. The van der Waals surface area contributed by atoms with Crippen molar-refractivity contribution in [1.82, 2.24) is 0 Å². The monoisotopic (exact) mass is 247 g/mol. The molecule has 82 valence electrons. The summed E-state index contributed by atoms with van der Waals surface area (Å²) >= 11 is 11.8. The van der Waals surface area contributed by atoms with Gasteiger partial charge >= 0.3 is 0 Å². The SMILES string of the molecule is CC(C)Oc1cc(Cl)c(NC=O)cc1Cl. The van der Waals surface area contributed by atoms with Crippen LogP contribution in [0.25, 0.3) is 0 Å². The first-order chi connectivity index (χ1) is 7.04. The Hall–Kier alpha value is -0.930. The smallest absolute Gasteiger partial charge is 0.211 e. The van der Waals surface area contributed by atoms with Gasteiger partial charge in [-0.2, -0.15) is 0 Å². The third kappa shape index (κ3) is 3.29. The van der Waals surface area contributed by atoms with E-state index in [2.05, 4.69) is 5.32 Å². The number of carbonyl (C=O) groups is 1. The molecule has 0 fully saturated rings. The second-order valence-electron chi connectivity index (χ2n) is 3.19. The standard InChI is InChI=1S/C10H11Cl2NO2/c1-6(2)15-10-4-7(11)9(13-5-14)3-8(10)12/h3-6H,1-2H3,(H,13,14). The summed E-state index contributed by atoms with van der Waals surface area (Å²) in [4.78, 5) is 10.3. The van der Waals surface area contributed by atoms with E-state index in [1.165, 1.54) is 0 Å². The second-order valence-corrected chi connectivity index (χ2v) is 4.01. The fourth-order valence-electron chi connectivity index (χ4n) is 1.05. The normalized spacial score (nSPS) is 10.2. The van der Waals surface area contributed by atoms with Gasteiger partial charge in [0.2, 0.25) is 6.41 Å². The Morgan fingerprint density at radius 2 is 2.00 bits per heavy atom. The lowest BCUT2D eigenvalue weighted by atomic mass is 10.3. The number of hydrogen-bond acceptors (Lipinski definition) is 2. The molecule has 15 heavy (non-hydrogen) atoms. The van der Waals surface area contributed by atoms with Crippen molar-refractivity contribution in [2.75, 3.05) is 5.32 Å². The van der Waals surface area contributed by atoms with Crippen LogP contribution in [0.5, 0.6) is 5.75 Å². The molecule has 1 amide bonds. The van der Waals surface area contributed by atoms with Crippen molar-refractivity contribution in [3.63, 3.8) is 0 Å². The predicted molar refractivity (Wildman–Crippen MR) is 61.9 cm³/mol. The molecule has 1 N–H and O–H groups in total. The Labute approximate surface area is 98.3 Å². The molecule has 0 aliphatic carbocycles. The van der Waals surface area contributed by atoms with E-state index in [0.717, 1.165) is 0 Å². The van der Waals surface area contributed by atoms with Gasteiger partial charge in [-0.1, -0.05) is 23.2 Å². The number of rotatable bonds is 4. The summed E-state index contributed by atoms with van der Waals surface area (Å²) in [7, 11) is 0. The molecular formula is C10H11Cl2NO2. The van der Waals surface area contributed by atoms with Crippen molar-refractivity contribution in [2.45, 2.75) is 20.0 Å². The van der Waals surface area contributed by atoms with Gasteiger partial charge in [0.25, 0.3) is 0 Å². The van der Waals surface area contributed by atoms with Gasteiger partial charge in [0.1, 0.15) is 5.75 Å². The minimum absolute atomic E-state index is 0.0171. The van der Waals surface area contributed by atoms with Crippen LogP contribution in [0.1, 0.15) is 13.8 Å². The van der Waals surface area contributed by atoms with Crippen LogP contribution in [-0.2, 0) is 4.79 Å². The molecule has 3 nitrogen and oxygen atoms in total. The van der Waals surface area contributed by atoms with Crippen LogP contribution in [-0.4, -0.2) is 12.5 Å². The topological polar surface area (TPSA) is 38.3 Å². The van der Waals surface area contributed by atoms with Gasteiger partial charge in [0.05, 0.1) is 21.8 Å². The predicted octanol–water partition coefficient (Wildman–Crippen LogP) is 3.35. The summed E-state index contributed by atoms with van der Waals surface area (Å²) in [6.07, 6.45) is 0.559. The van der Waals surface area contributed by atoms with Crippen LogP contribution in [0.15, 0.2) is 12.1 Å². The van der Waals surface area contributed by atoms with Gasteiger partial charge in [-0.15, -0.1) is 0 Å². The second kappa shape index (κ2) is 5.24. The summed E-state index contributed by atoms with van der Waals surface area (Å²) in [5.41, 5.74) is 0.466. The molecule has 0 atom stereocenters. The van der Waals surface area contributed by atoms with Crippen LogP contribution in [0.4, 0.5) is 5.69 Å². The van der Waals surface area contributed by atoms with E-state index in [1.54, 1.807) is 12.1 Å². The van der Waals surface area contributed by atoms with Crippen LogP contribution in [0.2, 0.25) is 10.0 Å². The van der Waals surface area contributed by atoms with Crippen molar-refractivity contribution in [2.24, 2.45) is 0 Å². The number of anilines is 1. The maximum absolute atomic E-state index is 10.3. The average molecular weight is 248 g/mol. The number of amides is 1. The van der Waals surface area contributed by atoms with E-state index in [0.29, 0.717) is 27.9 Å². The van der Waals surface area contributed by atoms with E-state index in [4.69, 9.17) is 27.9 Å². The highest BCUT2D eigenvalue weighted by Crippen LogP contribution is 2.34. The molecule has 0 saturated heterocycles. The Kier molecular flexibility index (Phi) is 4.24. The van der Waals surface area contributed by atoms with E-state index in [-0.39, 0.29) is 6.10 Å². The largest absolute Gasteiger partial charge is 0.489 e. The molecule has 0 unspecified atom stereocenters. The Balaban J connectivity index is 3.02. The zero-order valence-electron chi connectivity index (χ0n) is 8.38. The lowest BCUT2D eigenvalue weighted by Gasteiger charge is -2.13. The molecule has 0 spiro atoms. The molecule has 1 aromatic rings. The molecule has 0 aromatic heterocycles. The number of hydrogen-bond donors (Lipinski definition) is 1. The molecule has 0 bridgehead atoms. The summed E-state index contributed by atoms with van der Waals surface area (Å²) in [5, 5.41) is 3.25. The lowest BCUT2D eigenvalue weighted by Crippen LogP contribution is -2.06. The summed E-state index contributed by atoms with van der Waals surface area (Å²) < 4.78 is 5.43. The molecule has 0 radical (unpaired) electrons. The third-order valence-electron chi connectivity index (χ3n) is 1.60. The first-order valence-electron chi connectivity index (χ1n) is 4.40. The minimum Gasteiger partial charge on any atom is -0.489 e. The van der Waals surface area contributed by atoms with Gasteiger partial charge in [-0.3, -0.25) is 4.79 Å². The van der Waals surface area contributed by atoms with Gasteiger partial charge < -0.3 is 10.1 Å². The highest BCUT2D eigenvalue weighted by molar-refractivity contribution is 6.36. The van der Waals surface area contributed by atoms with Gasteiger partial charge in [-0.05, 0) is 19.9 Å². The van der Waals surface area contributed by atoms with Crippen molar-refractivity contribution in [3.8, 4) is 5.75 Å². The van der Waals surface area contributed by atoms with Gasteiger partial charge in [-0.25, -0.2) is 0 Å². The van der Waals surface area contributed by atoms with Crippen LogP contribution in [0.3, 0.4) is 0 Å². The van der Waals surface area contributed by atoms with Gasteiger partial charge in [0.15, 0.2) is 0 Å². The molecule has 0 aliphatic heterocycles. The van der Waals surface area contributed by atoms with Crippen LogP contribution < -0.4 is 10.1 Å². The number of halogens is 2. The fraction of sp³-hybridized carbons (Fsp3) is 0.300. The number of ether oxygens (including phenoxy) is 1. The number of benzene rings is 1. The van der Waals surface area contributed by atoms with Crippen LogP contribution >= 0.6 is 23.2 Å². The van der Waals surface area contributed by atoms with Crippen molar-refractivity contribution >= 4 is 35.3 Å². The van der Waals surface area contributed by atoms with E-state index in [9.17, 15) is 4.79 Å². The molecular weight excluding hydrogens is 237 g/mol. The summed E-state index contributed by atoms with van der Waals surface area (Å²) in [5.74, 6) is 0.508. The lowest BCUT2D eigenvalue weighted by molar-refractivity contribution is -0.105. The maximum Gasteiger partial charge on any atom is 0.211 e. The van der Waals surface area contributed by atoms with Crippen molar-refractivity contribution in [3.05, 3.63) is 22.2 Å². The molecule has 0 saturated carbocycles. The van der Waals surface area contributed by atoms with E-state index in [1.807, 2.05) is 13.8 Å². The van der Waals surface area contributed by atoms with Crippen molar-refractivity contribution in [1.29, 1.82) is 0 Å².